The second-order valence-corrected chi connectivity index (χ2v) is 9.00. The number of carbonyl (C=O) groups is 2. The molecule has 2 aromatic carbocycles. The molecule has 0 unspecified atom stereocenters. The summed E-state index contributed by atoms with van der Waals surface area (Å²) in [4.78, 5) is 43.4. The number of aromatic nitrogens is 3. The van der Waals surface area contributed by atoms with Crippen LogP contribution in [0, 0.1) is 0 Å². The Morgan fingerprint density at radius 1 is 0.875 bits per heavy atom. The number of thiophene rings is 1. The van der Waals surface area contributed by atoms with Gasteiger partial charge >= 0.3 is 0 Å². The minimum absolute atomic E-state index is 0.0457. The van der Waals surface area contributed by atoms with E-state index in [0.717, 1.165) is 24.8 Å². The molecule has 0 aliphatic rings. The van der Waals surface area contributed by atoms with Crippen molar-refractivity contribution in [3.8, 4) is 9.88 Å². The summed E-state index contributed by atoms with van der Waals surface area (Å²) in [7, 11) is 1.47. The van der Waals surface area contributed by atoms with Crippen molar-refractivity contribution in [2.75, 3.05) is 0 Å². The first kappa shape index (κ1) is 20.0. The Morgan fingerprint density at radius 3 is 2.41 bits per heavy atom. The maximum absolute atomic E-state index is 12.7. The van der Waals surface area contributed by atoms with Crippen LogP contribution in [0.2, 0.25) is 0 Å². The van der Waals surface area contributed by atoms with E-state index in [2.05, 4.69) is 20.9 Å². The first-order valence-corrected chi connectivity index (χ1v) is 11.2. The maximum Gasteiger partial charge on any atom is 0.290 e. The summed E-state index contributed by atoms with van der Waals surface area (Å²) in [5.41, 5.74) is 5.45. The Balaban J connectivity index is 1.33. The predicted octanol–water partition coefficient (Wildman–Crippen LogP) is 3.35. The smallest absolute Gasteiger partial charge is 0.267 e. The molecule has 10 heteroatoms. The van der Waals surface area contributed by atoms with Crippen molar-refractivity contribution in [1.82, 2.24) is 25.6 Å². The first-order chi connectivity index (χ1) is 15.5. The Hall–Kier alpha value is -3.89. The fraction of sp³-hybridized carbons (Fsp3) is 0.0455. The normalized spacial score (nSPS) is 11.0. The summed E-state index contributed by atoms with van der Waals surface area (Å²) >= 11 is 2.84. The number of benzene rings is 2. The monoisotopic (exact) mass is 461 g/mol. The van der Waals surface area contributed by atoms with E-state index < -0.39 is 11.8 Å². The summed E-state index contributed by atoms with van der Waals surface area (Å²) in [5, 5.41) is 5.67. The van der Waals surface area contributed by atoms with E-state index in [1.807, 2.05) is 30.3 Å². The van der Waals surface area contributed by atoms with E-state index in [4.69, 9.17) is 0 Å². The number of fused-ring (bicyclic) bond motifs is 2. The van der Waals surface area contributed by atoms with Crippen LogP contribution in [0.3, 0.4) is 0 Å². The summed E-state index contributed by atoms with van der Waals surface area (Å²) in [6.07, 6.45) is 0. The lowest BCUT2D eigenvalue weighted by atomic mass is 10.1. The number of amides is 2. The number of hydrogen-bond donors (Lipinski definition) is 2. The van der Waals surface area contributed by atoms with Gasteiger partial charge in [0.15, 0.2) is 5.69 Å². The van der Waals surface area contributed by atoms with Crippen molar-refractivity contribution in [3.05, 3.63) is 81.6 Å². The van der Waals surface area contributed by atoms with Crippen LogP contribution in [0.15, 0.2) is 65.5 Å². The zero-order valence-electron chi connectivity index (χ0n) is 16.7. The molecule has 3 heterocycles. The third-order valence-electron chi connectivity index (χ3n) is 4.80. The molecule has 0 bridgehead atoms. The first-order valence-electron chi connectivity index (χ1n) is 9.54. The van der Waals surface area contributed by atoms with Crippen LogP contribution in [-0.2, 0) is 7.05 Å². The number of hydrogen-bond acceptors (Lipinski definition) is 7. The average Bonchev–Trinajstić information content (AvgIpc) is 3.47. The third-order valence-corrected chi connectivity index (χ3v) is 7.09. The van der Waals surface area contributed by atoms with Gasteiger partial charge in [-0.15, -0.1) is 22.7 Å². The van der Waals surface area contributed by atoms with Crippen molar-refractivity contribution in [2.45, 2.75) is 0 Å². The van der Waals surface area contributed by atoms with Gasteiger partial charge in [-0.1, -0.05) is 30.3 Å². The molecule has 0 saturated heterocycles. The van der Waals surface area contributed by atoms with Crippen molar-refractivity contribution >= 4 is 55.5 Å². The Bertz CT molecular complexity index is 1530. The summed E-state index contributed by atoms with van der Waals surface area (Å²) in [6.45, 7) is 0. The molecular formula is C22H15N5O3S2. The summed E-state index contributed by atoms with van der Waals surface area (Å²) < 4.78 is 2.17. The van der Waals surface area contributed by atoms with Gasteiger partial charge in [0.1, 0.15) is 5.01 Å². The zero-order chi connectivity index (χ0) is 22.2. The fourth-order valence-electron chi connectivity index (χ4n) is 3.25. The number of carbonyl (C=O) groups excluding carboxylic acids is 2. The Kier molecular flexibility index (Phi) is 5.00. The lowest BCUT2D eigenvalue weighted by Crippen LogP contribution is -2.42. The highest BCUT2D eigenvalue weighted by atomic mass is 32.1. The molecule has 8 nitrogen and oxygen atoms in total. The Morgan fingerprint density at radius 2 is 1.59 bits per heavy atom. The highest BCUT2D eigenvalue weighted by molar-refractivity contribution is 7.26. The van der Waals surface area contributed by atoms with E-state index in [-0.39, 0.29) is 11.3 Å². The van der Waals surface area contributed by atoms with E-state index in [1.54, 1.807) is 41.7 Å². The van der Waals surface area contributed by atoms with Crippen LogP contribution >= 0.6 is 22.7 Å². The topological polar surface area (TPSA) is 106 Å². The van der Waals surface area contributed by atoms with Gasteiger partial charge in [-0.25, -0.2) is 9.67 Å². The average molecular weight is 462 g/mol. The zero-order valence-corrected chi connectivity index (χ0v) is 18.3. The summed E-state index contributed by atoms with van der Waals surface area (Å²) in [5.74, 6) is -1.07. The number of para-hydroxylation sites is 1. The minimum Gasteiger partial charge on any atom is -0.267 e. The van der Waals surface area contributed by atoms with Crippen LogP contribution in [-0.4, -0.2) is 26.6 Å². The lowest BCUT2D eigenvalue weighted by molar-refractivity contribution is 0.0846. The second-order valence-electron chi connectivity index (χ2n) is 6.88. The van der Waals surface area contributed by atoms with Gasteiger partial charge in [-0.3, -0.25) is 25.2 Å². The number of nitrogens with zero attached hydrogens (tertiary/aromatic N) is 3. The van der Waals surface area contributed by atoms with Crippen LogP contribution in [0.4, 0.5) is 0 Å². The maximum atomic E-state index is 12.7. The molecule has 0 aliphatic heterocycles. The highest BCUT2D eigenvalue weighted by Gasteiger charge is 2.18. The van der Waals surface area contributed by atoms with Gasteiger partial charge in [0.25, 0.3) is 17.4 Å². The molecule has 0 spiro atoms. The molecule has 3 aromatic heterocycles. The van der Waals surface area contributed by atoms with E-state index >= 15 is 0 Å². The molecule has 158 valence electrons. The number of thiazole rings is 1. The molecule has 2 N–H and O–H groups in total. The van der Waals surface area contributed by atoms with Gasteiger partial charge in [-0.05, 0) is 30.3 Å². The molecule has 5 aromatic rings. The quantitative estimate of drug-likeness (QED) is 0.401. The van der Waals surface area contributed by atoms with E-state index in [1.165, 1.54) is 18.4 Å². The van der Waals surface area contributed by atoms with Gasteiger partial charge in [0.2, 0.25) is 0 Å². The van der Waals surface area contributed by atoms with Crippen LogP contribution in [0.5, 0.6) is 0 Å². The van der Waals surface area contributed by atoms with Crippen LogP contribution < -0.4 is 16.4 Å². The molecule has 0 radical (unpaired) electrons. The lowest BCUT2D eigenvalue weighted by Gasteiger charge is -2.09. The standard InChI is InChI=1S/C22H15N5O3S2/c1-27-22(30)13-7-3-2-6-12(13)18(26-27)20(29)25-24-19(28)16-10-11-17(31-16)21-23-14-8-4-5-9-15(14)32-21/h2-11H,1H3,(H,24,28)(H,25,29). The number of aryl methyl sites for hydroxylation is 1. The Labute approximate surface area is 189 Å². The van der Waals surface area contributed by atoms with Crippen molar-refractivity contribution in [3.63, 3.8) is 0 Å². The molecule has 32 heavy (non-hydrogen) atoms. The highest BCUT2D eigenvalue weighted by Crippen LogP contribution is 2.34. The summed E-state index contributed by atoms with van der Waals surface area (Å²) in [6, 6.07) is 18.1. The number of nitrogens with one attached hydrogen (secondary N) is 2. The van der Waals surface area contributed by atoms with Crippen LogP contribution in [0.25, 0.3) is 30.9 Å². The van der Waals surface area contributed by atoms with E-state index in [0.29, 0.717) is 15.6 Å². The van der Waals surface area contributed by atoms with E-state index in [9.17, 15) is 14.4 Å². The van der Waals surface area contributed by atoms with Crippen LogP contribution in [0.1, 0.15) is 20.2 Å². The molecule has 0 atom stereocenters. The molecule has 2 amide bonds. The molecule has 0 saturated carbocycles. The largest absolute Gasteiger partial charge is 0.290 e. The third kappa shape index (κ3) is 3.55. The second kappa shape index (κ2) is 7.98. The van der Waals surface area contributed by atoms with Gasteiger partial charge in [-0.2, -0.15) is 5.10 Å². The fourth-order valence-corrected chi connectivity index (χ4v) is 5.18. The number of rotatable bonds is 3. The molecular weight excluding hydrogens is 446 g/mol. The molecule has 0 aliphatic carbocycles. The van der Waals surface area contributed by atoms with Crippen molar-refractivity contribution < 1.29 is 9.59 Å². The predicted molar refractivity (Wildman–Crippen MR) is 125 cm³/mol. The van der Waals surface area contributed by atoms with Gasteiger partial charge in [0, 0.05) is 12.4 Å². The van der Waals surface area contributed by atoms with Gasteiger partial charge < -0.3 is 0 Å². The SMILES string of the molecule is Cn1nc(C(=O)NNC(=O)c2ccc(-c3nc4ccccc4s3)s2)c2ccccc2c1=O. The molecule has 0 fully saturated rings. The molecule has 5 rings (SSSR count). The number of hydrazine groups is 1. The van der Waals surface area contributed by atoms with Crippen molar-refractivity contribution in [2.24, 2.45) is 7.05 Å². The van der Waals surface area contributed by atoms with Gasteiger partial charge in [0.05, 0.1) is 25.4 Å². The minimum atomic E-state index is -0.617. The van der Waals surface area contributed by atoms with Crippen molar-refractivity contribution in [1.29, 1.82) is 0 Å².